The summed E-state index contributed by atoms with van der Waals surface area (Å²) in [6.07, 6.45) is -0.449. The summed E-state index contributed by atoms with van der Waals surface area (Å²) in [4.78, 5) is 23.2. The van der Waals surface area contributed by atoms with E-state index in [2.05, 4.69) is 0 Å². The molecule has 0 spiro atoms. The Balaban J connectivity index is 4.58. The minimum atomic E-state index is -3.08. The summed E-state index contributed by atoms with van der Waals surface area (Å²) in [5, 5.41) is 0. The number of amides is 1. The average molecular weight is 252 g/mol. The smallest absolute Gasteiger partial charge is 0.345 e. The molecule has 0 aromatic rings. The van der Waals surface area contributed by atoms with Crippen LogP contribution in [0, 0.1) is 0 Å². The zero-order valence-corrected chi connectivity index (χ0v) is 11.8. The molecule has 6 heteroatoms. The molecule has 5 nitrogen and oxygen atoms in total. The van der Waals surface area contributed by atoms with E-state index in [0.29, 0.717) is 0 Å². The first-order valence-corrected chi connectivity index (χ1v) is 7.10. The Labute approximate surface area is 98.3 Å². The number of hydrogen-bond donors (Lipinski definition) is 1. The monoisotopic (exact) mass is 252 g/mol. The summed E-state index contributed by atoms with van der Waals surface area (Å²) in [7, 11) is 0.190. The van der Waals surface area contributed by atoms with Gasteiger partial charge in [-0.3, -0.25) is 4.79 Å². The first kappa shape index (κ1) is 15.8. The number of carbonyl (C=O) groups excluding carboxylic acids is 1. The van der Waals surface area contributed by atoms with Crippen molar-refractivity contribution in [1.29, 1.82) is 0 Å². The Morgan fingerprint density at radius 3 is 1.81 bits per heavy atom. The van der Waals surface area contributed by atoms with Gasteiger partial charge in [-0.25, -0.2) is 0 Å². The molecule has 0 saturated heterocycles. The van der Waals surface area contributed by atoms with E-state index in [1.165, 1.54) is 4.90 Å². The van der Waals surface area contributed by atoms with Crippen LogP contribution in [0.15, 0.2) is 0 Å². The molecule has 0 aromatic heterocycles. The Bertz CT molecular complexity index is 221. The fraction of sp³-hybridized carbons (Fsp3) is 0.900. The van der Waals surface area contributed by atoms with E-state index < -0.39 is 7.94 Å². The molecular weight excluding hydrogens is 229 g/mol. The molecule has 0 aliphatic heterocycles. The van der Waals surface area contributed by atoms with Gasteiger partial charge in [-0.1, -0.05) is 0 Å². The number of hydrogen-bond acceptors (Lipinski definition) is 4. The summed E-state index contributed by atoms with van der Waals surface area (Å²) in [5.74, 6) is -0.197. The van der Waals surface area contributed by atoms with Crippen molar-refractivity contribution in [3.63, 3.8) is 0 Å². The predicted octanol–water partition coefficient (Wildman–Crippen LogP) is 1.68. The third kappa shape index (κ3) is 6.38. The second kappa shape index (κ2) is 6.50. The van der Waals surface area contributed by atoms with E-state index in [1.54, 1.807) is 41.8 Å². The number of rotatable bonds is 6. The van der Waals surface area contributed by atoms with Crippen molar-refractivity contribution in [3.05, 3.63) is 0 Å². The molecule has 1 N–H and O–H groups in total. The topological polar surface area (TPSA) is 59.0 Å². The fourth-order valence-corrected chi connectivity index (χ4v) is 3.21. The fourth-order valence-electron chi connectivity index (χ4n) is 1.07. The summed E-state index contributed by atoms with van der Waals surface area (Å²) >= 11 is 0. The lowest BCUT2D eigenvalue weighted by Gasteiger charge is -2.21. The predicted molar refractivity (Wildman–Crippen MR) is 65.1 cm³/mol. The van der Waals surface area contributed by atoms with Gasteiger partial charge in [0.1, 0.15) is 12.2 Å². The van der Waals surface area contributed by atoms with Crippen molar-refractivity contribution in [2.75, 3.05) is 20.3 Å². The molecule has 0 aliphatic carbocycles. The first-order chi connectivity index (χ1) is 7.16. The molecule has 0 unspecified atom stereocenters. The zero-order valence-electron chi connectivity index (χ0n) is 10.9. The molecule has 0 heterocycles. The highest BCUT2D eigenvalue weighted by molar-refractivity contribution is 7.61. The molecular formula is C10H23NO4P+. The SMILES string of the molecule is CC(C)O[P+](O)(CC(=O)N(C)C)OC(C)C. The largest absolute Gasteiger partial charge is 0.419 e. The number of nitrogens with zero attached hydrogens (tertiary/aromatic N) is 1. The first-order valence-electron chi connectivity index (χ1n) is 5.34. The van der Waals surface area contributed by atoms with Crippen molar-refractivity contribution in [1.82, 2.24) is 4.90 Å². The van der Waals surface area contributed by atoms with Gasteiger partial charge >= 0.3 is 7.94 Å². The third-order valence-corrected chi connectivity index (χ3v) is 3.76. The van der Waals surface area contributed by atoms with Gasteiger partial charge < -0.3 is 4.90 Å². The molecule has 96 valence electrons. The van der Waals surface area contributed by atoms with Crippen LogP contribution in [0.2, 0.25) is 0 Å². The van der Waals surface area contributed by atoms with Crippen molar-refractivity contribution in [2.24, 2.45) is 0 Å². The maximum absolute atomic E-state index is 11.6. The number of carbonyl (C=O) groups is 1. The summed E-state index contributed by atoms with van der Waals surface area (Å²) in [5.41, 5.74) is 0. The van der Waals surface area contributed by atoms with Crippen molar-refractivity contribution >= 4 is 13.9 Å². The van der Waals surface area contributed by atoms with Crippen LogP contribution < -0.4 is 0 Å². The Kier molecular flexibility index (Phi) is 6.41. The van der Waals surface area contributed by atoms with Crippen LogP contribution in [0.1, 0.15) is 27.7 Å². The Morgan fingerprint density at radius 2 is 1.56 bits per heavy atom. The van der Waals surface area contributed by atoms with Gasteiger partial charge in [-0.15, -0.1) is 0 Å². The summed E-state index contributed by atoms with van der Waals surface area (Å²) < 4.78 is 10.7. The normalized spacial score (nSPS) is 12.3. The molecule has 0 aliphatic rings. The van der Waals surface area contributed by atoms with Gasteiger partial charge in [0.05, 0.1) is 0 Å². The van der Waals surface area contributed by atoms with E-state index in [1.807, 2.05) is 0 Å². The quantitative estimate of drug-likeness (QED) is 0.731. The van der Waals surface area contributed by atoms with Crippen LogP contribution in [-0.2, 0) is 13.8 Å². The lowest BCUT2D eigenvalue weighted by atomic mass is 10.5. The lowest BCUT2D eigenvalue weighted by Crippen LogP contribution is -2.29. The molecule has 0 fully saturated rings. The minimum Gasteiger partial charge on any atom is -0.345 e. The minimum absolute atomic E-state index is 0.101. The second-order valence-corrected chi connectivity index (χ2v) is 6.40. The van der Waals surface area contributed by atoms with Gasteiger partial charge in [0, 0.05) is 14.1 Å². The van der Waals surface area contributed by atoms with Crippen LogP contribution in [0.4, 0.5) is 0 Å². The zero-order chi connectivity index (χ0) is 12.9. The lowest BCUT2D eigenvalue weighted by molar-refractivity contribution is -0.126. The van der Waals surface area contributed by atoms with E-state index in [0.717, 1.165) is 0 Å². The van der Waals surface area contributed by atoms with Gasteiger partial charge in [-0.2, -0.15) is 13.9 Å². The van der Waals surface area contributed by atoms with Crippen LogP contribution in [0.3, 0.4) is 0 Å². The molecule has 0 bridgehead atoms. The van der Waals surface area contributed by atoms with Crippen LogP contribution >= 0.6 is 7.94 Å². The average Bonchev–Trinajstić information content (AvgIpc) is 1.98. The van der Waals surface area contributed by atoms with Crippen LogP contribution in [0.5, 0.6) is 0 Å². The van der Waals surface area contributed by atoms with Crippen LogP contribution in [-0.4, -0.2) is 48.2 Å². The Hall–Kier alpha value is -0.220. The van der Waals surface area contributed by atoms with Crippen molar-refractivity contribution in [3.8, 4) is 0 Å². The molecule has 0 atom stereocenters. The van der Waals surface area contributed by atoms with Crippen molar-refractivity contribution in [2.45, 2.75) is 39.9 Å². The standard InChI is InChI=1S/C10H23NO4P/c1-8(2)14-16(13,15-9(3)4)7-10(12)11(5)6/h8-9,13H,7H2,1-6H3/q+1. The van der Waals surface area contributed by atoms with Gasteiger partial charge in [0.15, 0.2) is 0 Å². The van der Waals surface area contributed by atoms with E-state index in [-0.39, 0.29) is 24.3 Å². The molecule has 16 heavy (non-hydrogen) atoms. The van der Waals surface area contributed by atoms with E-state index in [4.69, 9.17) is 9.05 Å². The highest BCUT2D eigenvalue weighted by Gasteiger charge is 2.46. The van der Waals surface area contributed by atoms with E-state index >= 15 is 0 Å². The van der Waals surface area contributed by atoms with Crippen LogP contribution in [0.25, 0.3) is 0 Å². The molecule has 0 rings (SSSR count). The highest BCUT2D eigenvalue weighted by atomic mass is 31.2. The van der Waals surface area contributed by atoms with Gasteiger partial charge in [0.25, 0.3) is 5.91 Å². The Morgan fingerprint density at radius 1 is 1.19 bits per heavy atom. The molecule has 0 radical (unpaired) electrons. The van der Waals surface area contributed by atoms with E-state index in [9.17, 15) is 9.69 Å². The second-order valence-electron chi connectivity index (χ2n) is 4.39. The molecule has 1 amide bonds. The maximum atomic E-state index is 11.6. The molecule has 0 aromatic carbocycles. The van der Waals surface area contributed by atoms with Gasteiger partial charge in [0.2, 0.25) is 6.16 Å². The molecule has 0 saturated carbocycles. The van der Waals surface area contributed by atoms with Gasteiger partial charge in [-0.05, 0) is 27.7 Å². The summed E-state index contributed by atoms with van der Waals surface area (Å²) in [6.45, 7) is 7.20. The third-order valence-electron chi connectivity index (χ3n) is 1.58. The van der Waals surface area contributed by atoms with Crippen molar-refractivity contribution < 1.29 is 18.7 Å². The summed E-state index contributed by atoms with van der Waals surface area (Å²) in [6, 6.07) is 0. The highest BCUT2D eigenvalue weighted by Crippen LogP contribution is 2.58. The maximum Gasteiger partial charge on any atom is 0.419 e.